The van der Waals surface area contributed by atoms with Crippen LogP contribution in [-0.2, 0) is 5.75 Å². The number of hydrogen-bond donors (Lipinski definition) is 1. The van der Waals surface area contributed by atoms with E-state index in [2.05, 4.69) is 27.3 Å². The van der Waals surface area contributed by atoms with Gasteiger partial charge < -0.3 is 9.73 Å². The molecule has 2 aromatic heterocycles. The molecule has 0 unspecified atom stereocenters. The molecule has 0 saturated heterocycles. The Kier molecular flexibility index (Phi) is 6.93. The highest BCUT2D eigenvalue weighted by Crippen LogP contribution is 2.25. The molecule has 2 heterocycles. The van der Waals surface area contributed by atoms with Gasteiger partial charge in [0.1, 0.15) is 5.76 Å². The van der Waals surface area contributed by atoms with Crippen LogP contribution in [0.2, 0.25) is 0 Å². The summed E-state index contributed by atoms with van der Waals surface area (Å²) in [7, 11) is 0. The highest BCUT2D eigenvalue weighted by atomic mass is 79.9. The molecule has 3 rings (SSSR count). The van der Waals surface area contributed by atoms with Gasteiger partial charge in [-0.25, -0.2) is 0 Å². The number of thioether (sulfide) groups is 1. The van der Waals surface area contributed by atoms with Gasteiger partial charge in [0.05, 0.1) is 3.79 Å². The van der Waals surface area contributed by atoms with Gasteiger partial charge in [-0.15, -0.1) is 11.3 Å². The van der Waals surface area contributed by atoms with Crippen LogP contribution in [0, 0.1) is 0 Å². The fraction of sp³-hybridized carbons (Fsp3) is 0.200. The minimum Gasteiger partial charge on any atom is -0.451 e. The molecule has 7 heteroatoms. The number of Topliss-reactive ketones (excluding diaryl/α,β-unsaturated/α-hetero) is 1. The third-order valence-corrected chi connectivity index (χ3v) is 6.63. The van der Waals surface area contributed by atoms with Crippen LogP contribution in [0.15, 0.2) is 56.7 Å². The highest BCUT2D eigenvalue weighted by Gasteiger charge is 2.12. The summed E-state index contributed by atoms with van der Waals surface area (Å²) in [5, 5.41) is 2.88. The van der Waals surface area contributed by atoms with Crippen LogP contribution in [0.3, 0.4) is 0 Å². The predicted octanol–water partition coefficient (Wildman–Crippen LogP) is 5.64. The standard InChI is InChI=1S/C20H18BrNO3S2/c1-13(23)14-2-4-15(5-3-14)17-7-8-18(25-17)20(24)22-10-11-26-12-16-6-9-19(21)27-16/h2-9H,10-12H2,1H3,(H,22,24). The maximum Gasteiger partial charge on any atom is 0.287 e. The molecule has 0 radical (unpaired) electrons. The molecule has 0 aliphatic carbocycles. The molecule has 1 amide bonds. The number of hydrogen-bond acceptors (Lipinski definition) is 5. The summed E-state index contributed by atoms with van der Waals surface area (Å²) >= 11 is 6.96. The monoisotopic (exact) mass is 463 g/mol. The van der Waals surface area contributed by atoms with Crippen molar-refractivity contribution in [1.29, 1.82) is 0 Å². The summed E-state index contributed by atoms with van der Waals surface area (Å²) < 4.78 is 6.79. The van der Waals surface area contributed by atoms with Gasteiger partial charge in [0.2, 0.25) is 0 Å². The fourth-order valence-corrected chi connectivity index (χ4v) is 4.86. The lowest BCUT2D eigenvalue weighted by Gasteiger charge is -2.03. The van der Waals surface area contributed by atoms with Gasteiger partial charge in [0.25, 0.3) is 5.91 Å². The summed E-state index contributed by atoms with van der Waals surface area (Å²) in [6.07, 6.45) is 0. The SMILES string of the molecule is CC(=O)c1ccc(-c2ccc(C(=O)NCCSCc3ccc(Br)s3)o2)cc1. The molecule has 0 aliphatic rings. The minimum atomic E-state index is -0.221. The second-order valence-corrected chi connectivity index (χ2v) is 9.46. The molecule has 0 spiro atoms. The Labute approximate surface area is 174 Å². The molecule has 0 fully saturated rings. The summed E-state index contributed by atoms with van der Waals surface area (Å²) in [5.74, 6) is 2.46. The number of thiophene rings is 1. The van der Waals surface area contributed by atoms with Crippen molar-refractivity contribution in [3.63, 3.8) is 0 Å². The van der Waals surface area contributed by atoms with Crippen molar-refractivity contribution in [2.45, 2.75) is 12.7 Å². The van der Waals surface area contributed by atoms with E-state index in [-0.39, 0.29) is 17.5 Å². The second kappa shape index (κ2) is 9.39. The molecule has 4 nitrogen and oxygen atoms in total. The van der Waals surface area contributed by atoms with E-state index in [0.717, 1.165) is 20.9 Å². The van der Waals surface area contributed by atoms with Crippen LogP contribution in [-0.4, -0.2) is 24.0 Å². The number of amides is 1. The van der Waals surface area contributed by atoms with Gasteiger partial charge in [0.15, 0.2) is 11.5 Å². The maximum atomic E-state index is 12.2. The third-order valence-electron chi connectivity index (χ3n) is 3.81. The van der Waals surface area contributed by atoms with Crippen LogP contribution in [0.5, 0.6) is 0 Å². The number of furan rings is 1. The average molecular weight is 464 g/mol. The lowest BCUT2D eigenvalue weighted by atomic mass is 10.1. The topological polar surface area (TPSA) is 59.3 Å². The van der Waals surface area contributed by atoms with Crippen molar-refractivity contribution < 1.29 is 14.0 Å². The summed E-state index contributed by atoms with van der Waals surface area (Å²) in [6.45, 7) is 2.11. The Balaban J connectivity index is 1.47. The van der Waals surface area contributed by atoms with Crippen molar-refractivity contribution in [3.05, 3.63) is 68.5 Å². The fourth-order valence-electron chi connectivity index (χ4n) is 2.41. The van der Waals surface area contributed by atoms with Gasteiger partial charge in [-0.1, -0.05) is 24.3 Å². The Morgan fingerprint density at radius 2 is 1.89 bits per heavy atom. The van der Waals surface area contributed by atoms with Gasteiger partial charge >= 0.3 is 0 Å². The molecule has 0 saturated carbocycles. The first-order valence-electron chi connectivity index (χ1n) is 8.34. The maximum absolute atomic E-state index is 12.2. The number of carbonyl (C=O) groups is 2. The quantitative estimate of drug-likeness (QED) is 0.347. The van der Waals surface area contributed by atoms with E-state index in [4.69, 9.17) is 4.42 Å². The molecule has 0 atom stereocenters. The van der Waals surface area contributed by atoms with Crippen LogP contribution in [0.1, 0.15) is 32.7 Å². The van der Waals surface area contributed by atoms with Crippen LogP contribution in [0.25, 0.3) is 11.3 Å². The van der Waals surface area contributed by atoms with Crippen LogP contribution in [0.4, 0.5) is 0 Å². The number of ketones is 1. The number of halogens is 1. The Hall–Kier alpha value is -1.83. The summed E-state index contributed by atoms with van der Waals surface area (Å²) in [5.41, 5.74) is 1.48. The van der Waals surface area contributed by atoms with E-state index in [0.29, 0.717) is 17.9 Å². The van der Waals surface area contributed by atoms with Crippen molar-refractivity contribution in [1.82, 2.24) is 5.32 Å². The first-order chi connectivity index (χ1) is 13.0. The lowest BCUT2D eigenvalue weighted by Crippen LogP contribution is -2.25. The van der Waals surface area contributed by atoms with E-state index in [9.17, 15) is 9.59 Å². The predicted molar refractivity (Wildman–Crippen MR) is 115 cm³/mol. The molecule has 27 heavy (non-hydrogen) atoms. The molecule has 3 aromatic rings. The first kappa shape index (κ1) is 19.9. The van der Waals surface area contributed by atoms with Gasteiger partial charge in [-0.2, -0.15) is 11.8 Å². The number of nitrogens with one attached hydrogen (secondary N) is 1. The van der Waals surface area contributed by atoms with Crippen molar-refractivity contribution in [2.24, 2.45) is 0 Å². The van der Waals surface area contributed by atoms with Crippen molar-refractivity contribution in [3.8, 4) is 11.3 Å². The number of carbonyl (C=O) groups excluding carboxylic acids is 2. The molecule has 1 N–H and O–H groups in total. The number of benzene rings is 1. The van der Waals surface area contributed by atoms with Crippen molar-refractivity contribution in [2.75, 3.05) is 12.3 Å². The minimum absolute atomic E-state index is 0.0191. The average Bonchev–Trinajstić information content (AvgIpc) is 3.31. The lowest BCUT2D eigenvalue weighted by molar-refractivity contribution is 0.0928. The largest absolute Gasteiger partial charge is 0.451 e. The Morgan fingerprint density at radius 1 is 1.11 bits per heavy atom. The highest BCUT2D eigenvalue weighted by molar-refractivity contribution is 9.11. The molecular formula is C20H18BrNO3S2. The molecular weight excluding hydrogens is 446 g/mol. The first-order valence-corrected chi connectivity index (χ1v) is 11.1. The van der Waals surface area contributed by atoms with E-state index in [1.54, 1.807) is 47.4 Å². The van der Waals surface area contributed by atoms with Crippen molar-refractivity contribution >= 4 is 50.7 Å². The van der Waals surface area contributed by atoms with E-state index >= 15 is 0 Å². The van der Waals surface area contributed by atoms with Crippen LogP contribution < -0.4 is 5.32 Å². The third kappa shape index (κ3) is 5.57. The number of rotatable bonds is 8. The molecule has 0 aliphatic heterocycles. The molecule has 0 bridgehead atoms. The van der Waals surface area contributed by atoms with E-state index < -0.39 is 0 Å². The van der Waals surface area contributed by atoms with E-state index in [1.165, 1.54) is 11.8 Å². The summed E-state index contributed by atoms with van der Waals surface area (Å²) in [4.78, 5) is 24.9. The van der Waals surface area contributed by atoms with Crippen LogP contribution >= 0.6 is 39.0 Å². The smallest absolute Gasteiger partial charge is 0.287 e. The van der Waals surface area contributed by atoms with Gasteiger partial charge in [-0.3, -0.25) is 9.59 Å². The molecule has 1 aromatic carbocycles. The van der Waals surface area contributed by atoms with E-state index in [1.807, 2.05) is 18.2 Å². The Morgan fingerprint density at radius 3 is 2.56 bits per heavy atom. The Bertz CT molecular complexity index is 931. The zero-order chi connectivity index (χ0) is 19.2. The summed E-state index contributed by atoms with van der Waals surface area (Å²) in [6, 6.07) is 14.7. The zero-order valence-corrected chi connectivity index (χ0v) is 17.9. The molecule has 140 valence electrons. The second-order valence-electron chi connectivity index (χ2n) is 5.81. The normalized spacial score (nSPS) is 10.7. The zero-order valence-electron chi connectivity index (χ0n) is 14.7. The van der Waals surface area contributed by atoms with Gasteiger partial charge in [-0.05, 0) is 47.1 Å². The van der Waals surface area contributed by atoms with Gasteiger partial charge in [0, 0.05) is 34.1 Å².